The molecular formula is C19H21FN4O2. The van der Waals surface area contributed by atoms with Gasteiger partial charge in [0.05, 0.1) is 18.3 Å². The van der Waals surface area contributed by atoms with E-state index in [0.717, 1.165) is 5.56 Å². The van der Waals surface area contributed by atoms with Crippen LogP contribution in [0.3, 0.4) is 0 Å². The van der Waals surface area contributed by atoms with Crippen LogP contribution in [0.25, 0.3) is 10.9 Å². The Kier molecular flexibility index (Phi) is 5.48. The minimum absolute atomic E-state index is 0.337. The summed E-state index contributed by atoms with van der Waals surface area (Å²) >= 11 is 0. The first-order chi connectivity index (χ1) is 12.6. The standard InChI is InChI=1S/C19H21FN4O2/c1-12-5-4-6-14(20)18(12)24-19-13-9-16(25-3)17(26-8-7-21-2)10-15(13)22-11-23-19/h4-6,9-11,21H,7-8H2,1-3H3,(H,22,23,24). The van der Waals surface area contributed by atoms with Crippen LogP contribution in [0.2, 0.25) is 0 Å². The fraction of sp³-hybridized carbons (Fsp3) is 0.263. The first kappa shape index (κ1) is 17.9. The monoisotopic (exact) mass is 356 g/mol. The lowest BCUT2D eigenvalue weighted by Crippen LogP contribution is -2.16. The molecule has 0 saturated heterocycles. The summed E-state index contributed by atoms with van der Waals surface area (Å²) in [6.45, 7) is 3.05. The molecule has 7 heteroatoms. The average molecular weight is 356 g/mol. The minimum Gasteiger partial charge on any atom is -0.493 e. The second-order valence-electron chi connectivity index (χ2n) is 5.75. The maximum atomic E-state index is 14.2. The van der Waals surface area contributed by atoms with Crippen LogP contribution in [0.15, 0.2) is 36.7 Å². The van der Waals surface area contributed by atoms with Crippen molar-refractivity contribution < 1.29 is 13.9 Å². The molecule has 0 radical (unpaired) electrons. The Morgan fingerprint density at radius 3 is 2.73 bits per heavy atom. The lowest BCUT2D eigenvalue weighted by molar-refractivity contribution is 0.296. The molecule has 2 aromatic carbocycles. The van der Waals surface area contributed by atoms with Crippen molar-refractivity contribution in [2.24, 2.45) is 0 Å². The van der Waals surface area contributed by atoms with Crippen LogP contribution in [0, 0.1) is 12.7 Å². The average Bonchev–Trinajstić information content (AvgIpc) is 2.64. The van der Waals surface area contributed by atoms with Gasteiger partial charge in [-0.15, -0.1) is 0 Å². The van der Waals surface area contributed by atoms with E-state index in [-0.39, 0.29) is 5.82 Å². The number of methoxy groups -OCH3 is 1. The molecule has 0 aliphatic carbocycles. The van der Waals surface area contributed by atoms with Gasteiger partial charge in [-0.05, 0) is 31.7 Å². The number of aryl methyl sites for hydroxylation is 1. The van der Waals surface area contributed by atoms with Crippen molar-refractivity contribution in [3.05, 3.63) is 48.0 Å². The smallest absolute Gasteiger partial charge is 0.163 e. The van der Waals surface area contributed by atoms with E-state index in [1.807, 2.05) is 20.0 Å². The number of para-hydroxylation sites is 1. The van der Waals surface area contributed by atoms with E-state index in [9.17, 15) is 4.39 Å². The summed E-state index contributed by atoms with van der Waals surface area (Å²) in [4.78, 5) is 8.57. The fourth-order valence-electron chi connectivity index (χ4n) is 2.61. The molecule has 0 atom stereocenters. The Morgan fingerprint density at radius 2 is 2.00 bits per heavy atom. The lowest BCUT2D eigenvalue weighted by Gasteiger charge is -2.14. The highest BCUT2D eigenvalue weighted by Crippen LogP contribution is 2.35. The maximum absolute atomic E-state index is 14.2. The van der Waals surface area contributed by atoms with Gasteiger partial charge >= 0.3 is 0 Å². The van der Waals surface area contributed by atoms with Crippen LogP contribution in [-0.4, -0.2) is 37.3 Å². The molecule has 0 aliphatic heterocycles. The number of halogens is 1. The third-order valence-corrected chi connectivity index (χ3v) is 4.00. The Hall–Kier alpha value is -2.93. The second kappa shape index (κ2) is 7.97. The molecule has 0 saturated carbocycles. The third-order valence-electron chi connectivity index (χ3n) is 4.00. The van der Waals surface area contributed by atoms with Crippen LogP contribution in [0.5, 0.6) is 11.5 Å². The summed E-state index contributed by atoms with van der Waals surface area (Å²) in [5, 5.41) is 6.81. The highest BCUT2D eigenvalue weighted by Gasteiger charge is 2.13. The summed E-state index contributed by atoms with van der Waals surface area (Å²) in [6, 6.07) is 8.51. The van der Waals surface area contributed by atoms with E-state index in [1.165, 1.54) is 12.4 Å². The molecule has 1 aromatic heterocycles. The molecule has 26 heavy (non-hydrogen) atoms. The molecule has 0 unspecified atom stereocenters. The van der Waals surface area contributed by atoms with Crippen LogP contribution in [0.4, 0.5) is 15.9 Å². The number of aromatic nitrogens is 2. The molecular weight excluding hydrogens is 335 g/mol. The van der Waals surface area contributed by atoms with Crippen molar-refractivity contribution in [1.82, 2.24) is 15.3 Å². The van der Waals surface area contributed by atoms with Gasteiger partial charge in [0, 0.05) is 18.0 Å². The van der Waals surface area contributed by atoms with Gasteiger partial charge in [-0.3, -0.25) is 0 Å². The third kappa shape index (κ3) is 3.67. The molecule has 0 bridgehead atoms. The molecule has 3 rings (SSSR count). The van der Waals surface area contributed by atoms with Gasteiger partial charge in [-0.2, -0.15) is 0 Å². The summed E-state index contributed by atoms with van der Waals surface area (Å²) < 4.78 is 25.3. The van der Waals surface area contributed by atoms with Crippen molar-refractivity contribution >= 4 is 22.4 Å². The molecule has 0 aliphatic rings. The highest BCUT2D eigenvalue weighted by atomic mass is 19.1. The van der Waals surface area contributed by atoms with Crippen molar-refractivity contribution in [2.75, 3.05) is 32.6 Å². The van der Waals surface area contributed by atoms with Gasteiger partial charge in [0.25, 0.3) is 0 Å². The van der Waals surface area contributed by atoms with Gasteiger partial charge in [0.1, 0.15) is 24.6 Å². The normalized spacial score (nSPS) is 10.8. The van der Waals surface area contributed by atoms with E-state index in [4.69, 9.17) is 9.47 Å². The zero-order valence-corrected chi connectivity index (χ0v) is 15.0. The molecule has 136 valence electrons. The van der Waals surface area contributed by atoms with Gasteiger partial charge < -0.3 is 20.1 Å². The Labute approximate surface area is 151 Å². The van der Waals surface area contributed by atoms with Gasteiger partial charge in [0.15, 0.2) is 11.5 Å². The number of nitrogens with one attached hydrogen (secondary N) is 2. The maximum Gasteiger partial charge on any atom is 0.163 e. The van der Waals surface area contributed by atoms with Crippen molar-refractivity contribution in [1.29, 1.82) is 0 Å². The second-order valence-corrected chi connectivity index (χ2v) is 5.75. The number of anilines is 2. The van der Waals surface area contributed by atoms with Crippen LogP contribution >= 0.6 is 0 Å². The fourth-order valence-corrected chi connectivity index (χ4v) is 2.61. The Balaban J connectivity index is 2.02. The number of benzene rings is 2. The zero-order chi connectivity index (χ0) is 18.5. The van der Waals surface area contributed by atoms with Gasteiger partial charge in [0.2, 0.25) is 0 Å². The summed E-state index contributed by atoms with van der Waals surface area (Å²) in [5.41, 5.74) is 1.85. The van der Waals surface area contributed by atoms with E-state index in [2.05, 4.69) is 20.6 Å². The van der Waals surface area contributed by atoms with Crippen LogP contribution < -0.4 is 20.1 Å². The number of likely N-dealkylation sites (N-methyl/N-ethyl adjacent to an activating group) is 1. The highest BCUT2D eigenvalue weighted by molar-refractivity contribution is 5.93. The Morgan fingerprint density at radius 1 is 1.15 bits per heavy atom. The largest absolute Gasteiger partial charge is 0.493 e. The number of rotatable bonds is 7. The van der Waals surface area contributed by atoms with E-state index in [0.29, 0.717) is 47.1 Å². The number of hydrogen-bond donors (Lipinski definition) is 2. The van der Waals surface area contributed by atoms with E-state index >= 15 is 0 Å². The molecule has 3 aromatic rings. The van der Waals surface area contributed by atoms with Crippen molar-refractivity contribution in [2.45, 2.75) is 6.92 Å². The Bertz CT molecular complexity index is 897. The predicted molar refractivity (Wildman–Crippen MR) is 99.9 cm³/mol. The first-order valence-corrected chi connectivity index (χ1v) is 8.26. The topological polar surface area (TPSA) is 68.3 Å². The SMILES string of the molecule is CNCCOc1cc2ncnc(Nc3c(C)cccc3F)c2cc1OC. The molecule has 0 amide bonds. The van der Waals surface area contributed by atoms with E-state index < -0.39 is 0 Å². The summed E-state index contributed by atoms with van der Waals surface area (Å²) in [5.74, 6) is 1.33. The zero-order valence-electron chi connectivity index (χ0n) is 15.0. The number of hydrogen-bond acceptors (Lipinski definition) is 6. The van der Waals surface area contributed by atoms with E-state index in [1.54, 1.807) is 25.3 Å². The molecule has 2 N–H and O–H groups in total. The van der Waals surface area contributed by atoms with Crippen molar-refractivity contribution in [3.63, 3.8) is 0 Å². The molecule has 6 nitrogen and oxygen atoms in total. The summed E-state index contributed by atoms with van der Waals surface area (Å²) in [6.07, 6.45) is 1.44. The van der Waals surface area contributed by atoms with Crippen molar-refractivity contribution in [3.8, 4) is 11.5 Å². The number of fused-ring (bicyclic) bond motifs is 1. The molecule has 1 heterocycles. The summed E-state index contributed by atoms with van der Waals surface area (Å²) in [7, 11) is 3.43. The first-order valence-electron chi connectivity index (χ1n) is 8.26. The molecule has 0 spiro atoms. The minimum atomic E-state index is -0.337. The quantitative estimate of drug-likeness (QED) is 0.632. The predicted octanol–water partition coefficient (Wildman–Crippen LogP) is 3.43. The van der Waals surface area contributed by atoms with Crippen LogP contribution in [0.1, 0.15) is 5.56 Å². The van der Waals surface area contributed by atoms with Gasteiger partial charge in [-0.25, -0.2) is 14.4 Å². The van der Waals surface area contributed by atoms with Gasteiger partial charge in [-0.1, -0.05) is 12.1 Å². The number of nitrogens with zero attached hydrogens (tertiary/aromatic N) is 2. The molecule has 0 fully saturated rings. The lowest BCUT2D eigenvalue weighted by atomic mass is 10.1. The van der Waals surface area contributed by atoms with Crippen LogP contribution in [-0.2, 0) is 0 Å². The number of ether oxygens (including phenoxy) is 2.